The van der Waals surface area contributed by atoms with Gasteiger partial charge in [-0.25, -0.2) is 4.57 Å². The molecule has 0 aromatic heterocycles. The Kier molecular flexibility index (Phi) is 14.2. The van der Waals surface area contributed by atoms with Gasteiger partial charge in [0.15, 0.2) is 23.5 Å². The Balaban J connectivity index is 1.09. The van der Waals surface area contributed by atoms with E-state index in [0.717, 1.165) is 11.1 Å². The second kappa shape index (κ2) is 19.1. The predicted octanol–water partition coefficient (Wildman–Crippen LogP) is 3.29. The van der Waals surface area contributed by atoms with E-state index in [4.69, 9.17) is 14.0 Å². The van der Waals surface area contributed by atoms with Crippen LogP contribution in [0.5, 0.6) is 0 Å². The van der Waals surface area contributed by atoms with Gasteiger partial charge in [-0.3, -0.25) is 33.3 Å². The van der Waals surface area contributed by atoms with E-state index in [1.807, 2.05) is 32.1 Å². The number of carbonyl (C=O) groups excluding carboxylic acids is 5. The van der Waals surface area contributed by atoms with Gasteiger partial charge in [0.1, 0.15) is 12.6 Å². The Morgan fingerprint density at radius 2 is 1.75 bits per heavy atom. The molecule has 0 radical (unpaired) electrons. The fourth-order valence-corrected chi connectivity index (χ4v) is 11.7. The second-order valence-corrected chi connectivity index (χ2v) is 19.8. The summed E-state index contributed by atoms with van der Waals surface area (Å²) in [5.74, 6) is -4.36. The number of allylic oxidation sites excluding steroid dienone is 4. The summed E-state index contributed by atoms with van der Waals surface area (Å²) in [5, 5.41) is 38.8. The first kappa shape index (κ1) is 48.5. The molecule has 1 saturated heterocycles. The van der Waals surface area contributed by atoms with Crippen LogP contribution >= 0.6 is 23.8 Å². The van der Waals surface area contributed by atoms with Crippen LogP contribution in [0.3, 0.4) is 0 Å². The number of carbonyl (C=O) groups is 6. The summed E-state index contributed by atoms with van der Waals surface area (Å²) in [5.41, 5.74) is 0.397. The zero-order chi connectivity index (χ0) is 47.1. The Bertz CT molecular complexity index is 2350. The van der Waals surface area contributed by atoms with Crippen molar-refractivity contribution in [3.05, 3.63) is 88.5 Å². The zero-order valence-corrected chi connectivity index (χ0v) is 38.2. The quantitative estimate of drug-likeness (QED) is 0.0834. The monoisotopic (exact) mass is 985 g/mol. The average molecular weight is 987 g/mol. The molecule has 7 rings (SSSR count). The van der Waals surface area contributed by atoms with Gasteiger partial charge >= 0.3 is 13.8 Å². The molecule has 65 heavy (non-hydrogen) atoms. The number of phosphoric ester groups is 1. The number of hydrogen-bond acceptors (Lipinski definition) is 12. The van der Waals surface area contributed by atoms with E-state index in [1.54, 1.807) is 42.5 Å². The van der Waals surface area contributed by atoms with Crippen LogP contribution in [0.15, 0.2) is 66.3 Å². The van der Waals surface area contributed by atoms with Crippen molar-refractivity contribution >= 4 is 64.7 Å². The number of rotatable bonds is 17. The highest BCUT2D eigenvalue weighted by Gasteiger charge is 2.76. The number of ether oxygens (including phenoxy) is 2. The molecule has 10 atom stereocenters. The Labute approximate surface area is 382 Å². The van der Waals surface area contributed by atoms with Gasteiger partial charge < -0.3 is 50.5 Å². The number of benzene rings is 2. The third-order valence-electron chi connectivity index (χ3n) is 14.0. The highest BCUT2D eigenvalue weighted by atomic mass is 79.9. The molecule has 2 aromatic rings. The smallest absolute Gasteiger partial charge is 0.470 e. The fourth-order valence-electron chi connectivity index (χ4n) is 11.3. The second-order valence-electron chi connectivity index (χ2n) is 18.0. The largest absolute Gasteiger partial charge is 0.481 e. The molecule has 0 bridgehead atoms. The topological polar surface area (TPSA) is 284 Å². The van der Waals surface area contributed by atoms with E-state index in [-0.39, 0.29) is 54.0 Å². The number of ketones is 2. The molecular weight excluding hydrogens is 933 g/mol. The average Bonchev–Trinajstić information content (AvgIpc) is 3.76. The zero-order valence-electron chi connectivity index (χ0n) is 35.7. The van der Waals surface area contributed by atoms with Crippen LogP contribution in [0.25, 0.3) is 0 Å². The van der Waals surface area contributed by atoms with Gasteiger partial charge in [0.25, 0.3) is 0 Å². The SMILES string of the molecule is C[C@]12C=CC(=O)C=C1CC[C@@H]1[C@@H]2[C@@H](O)C[C@@]2(C)[C@H]1C[C@H]1O[C@@H](c3ccc(Cc4cc(CO)cc(NC(=O)[C@H](CCC(=O)O)NC(=O)CNC(=O)CBr)c4)cc3)O[C@]12C(=O)COP(=O)(O)O. The highest BCUT2D eigenvalue weighted by molar-refractivity contribution is 9.09. The van der Waals surface area contributed by atoms with Crippen molar-refractivity contribution in [2.75, 3.05) is 23.8 Å². The minimum atomic E-state index is -5.06. The van der Waals surface area contributed by atoms with Gasteiger partial charge in [-0.1, -0.05) is 71.8 Å². The molecule has 3 amide bonds. The molecule has 4 fully saturated rings. The number of halogens is 1. The maximum Gasteiger partial charge on any atom is 0.470 e. The van der Waals surface area contributed by atoms with Gasteiger partial charge in [0.05, 0.1) is 30.7 Å². The molecule has 0 unspecified atom stereocenters. The van der Waals surface area contributed by atoms with Crippen molar-refractivity contribution in [3.8, 4) is 0 Å². The number of phosphoric acid groups is 1. The van der Waals surface area contributed by atoms with Gasteiger partial charge in [0.2, 0.25) is 17.7 Å². The molecule has 5 aliphatic rings. The normalized spacial score (nSPS) is 30.5. The molecule has 18 nitrogen and oxygen atoms in total. The van der Waals surface area contributed by atoms with Gasteiger partial charge in [0, 0.05) is 34.4 Å². The van der Waals surface area contributed by atoms with Crippen LogP contribution < -0.4 is 16.0 Å². The first-order chi connectivity index (χ1) is 30.7. The van der Waals surface area contributed by atoms with Gasteiger partial charge in [-0.05, 0) is 91.3 Å². The van der Waals surface area contributed by atoms with Crippen molar-refractivity contribution in [1.82, 2.24) is 10.6 Å². The van der Waals surface area contributed by atoms with E-state index in [9.17, 15) is 58.4 Å². The molecule has 350 valence electrons. The lowest BCUT2D eigenvalue weighted by molar-refractivity contribution is -0.200. The molecule has 0 spiro atoms. The van der Waals surface area contributed by atoms with Crippen LogP contribution in [0.2, 0.25) is 0 Å². The number of hydrogen-bond donors (Lipinski definition) is 8. The number of aliphatic hydroxyl groups is 2. The lowest BCUT2D eigenvalue weighted by Crippen LogP contribution is -2.63. The Morgan fingerprint density at radius 3 is 2.43 bits per heavy atom. The minimum Gasteiger partial charge on any atom is -0.481 e. The first-order valence-electron chi connectivity index (χ1n) is 21.4. The molecule has 4 aliphatic carbocycles. The van der Waals surface area contributed by atoms with E-state index < -0.39 is 97.8 Å². The number of fused-ring (bicyclic) bond motifs is 7. The molecular formula is C45H53BrN3O15P. The van der Waals surface area contributed by atoms with E-state index in [0.29, 0.717) is 42.4 Å². The number of anilines is 1. The number of carboxylic acids is 1. The Hall–Kier alpha value is -4.43. The molecule has 3 saturated carbocycles. The Morgan fingerprint density at radius 1 is 1.03 bits per heavy atom. The van der Waals surface area contributed by atoms with Crippen LogP contribution in [-0.2, 0) is 60.4 Å². The fraction of sp³-hybridized carbons (Fsp3) is 0.511. The van der Waals surface area contributed by atoms with Crippen LogP contribution in [0.4, 0.5) is 5.69 Å². The number of Topliss-reactive ketones (excluding diaryl/α,β-unsaturated/α-hetero) is 1. The number of amides is 3. The van der Waals surface area contributed by atoms with E-state index >= 15 is 0 Å². The number of aliphatic hydroxyl groups excluding tert-OH is 2. The lowest BCUT2D eigenvalue weighted by Gasteiger charge is -2.59. The summed E-state index contributed by atoms with van der Waals surface area (Å²) in [6.07, 6.45) is 3.71. The minimum absolute atomic E-state index is 0.0388. The van der Waals surface area contributed by atoms with Crippen LogP contribution in [0.1, 0.15) is 80.9 Å². The van der Waals surface area contributed by atoms with Gasteiger partial charge in [-0.2, -0.15) is 0 Å². The van der Waals surface area contributed by atoms with Crippen molar-refractivity contribution in [2.24, 2.45) is 28.6 Å². The molecule has 1 heterocycles. The third-order valence-corrected chi connectivity index (χ3v) is 15.0. The molecule has 1 aliphatic heterocycles. The van der Waals surface area contributed by atoms with Crippen LogP contribution in [-0.4, -0.2) is 103 Å². The number of carboxylic acid groups (broad SMARTS) is 1. The molecule has 20 heteroatoms. The summed E-state index contributed by atoms with van der Waals surface area (Å²) in [4.78, 5) is 94.7. The summed E-state index contributed by atoms with van der Waals surface area (Å²) < 4.78 is 29.9. The number of aliphatic carboxylic acids is 1. The summed E-state index contributed by atoms with van der Waals surface area (Å²) >= 11 is 2.98. The summed E-state index contributed by atoms with van der Waals surface area (Å²) in [7, 11) is -5.06. The standard InChI is InChI=1S/C45H53BrN3O15P/c1-43-12-11-30(51)17-28(43)7-8-31-32-18-36-45(35(53)23-62-65(59,60)61,44(32,2)19-34(52)40(31)43)64-42(63-36)27-5-3-24(4-6-27)13-25-14-26(22-50)16-29(15-25)48-41(58)33(9-10-39(56)57)49-38(55)21-47-37(54)20-46/h3-6,11-12,14-17,31-34,36,40,42,50,52H,7-10,13,18-23H2,1-2H3,(H,47,54)(H,48,58)(H,49,55)(H,56,57)(H2,59,60,61)/t31-,32-,33-,34-,36+,40+,42+,43-,44-,45+/m0/s1. The van der Waals surface area contributed by atoms with Crippen molar-refractivity contribution < 1.29 is 72.4 Å². The number of alkyl halides is 1. The van der Waals surface area contributed by atoms with E-state index in [2.05, 4.69) is 31.9 Å². The van der Waals surface area contributed by atoms with Gasteiger partial charge in [-0.15, -0.1) is 0 Å². The van der Waals surface area contributed by atoms with Crippen LogP contribution in [0, 0.1) is 28.6 Å². The maximum atomic E-state index is 14.4. The molecule has 2 aromatic carbocycles. The third kappa shape index (κ3) is 9.85. The summed E-state index contributed by atoms with van der Waals surface area (Å²) in [6, 6.07) is 10.9. The first-order valence-corrected chi connectivity index (χ1v) is 24.0. The molecule has 8 N–H and O–H groups in total. The van der Waals surface area contributed by atoms with E-state index in [1.165, 1.54) is 0 Å². The summed E-state index contributed by atoms with van der Waals surface area (Å²) in [6.45, 7) is 2.18. The van der Waals surface area contributed by atoms with Crippen molar-refractivity contribution in [1.29, 1.82) is 0 Å². The predicted molar refractivity (Wildman–Crippen MR) is 234 cm³/mol. The lowest BCUT2D eigenvalue weighted by atomic mass is 9.46. The van der Waals surface area contributed by atoms with Crippen molar-refractivity contribution in [2.45, 2.75) is 95.5 Å². The van der Waals surface area contributed by atoms with Crippen molar-refractivity contribution in [3.63, 3.8) is 0 Å². The highest BCUT2D eigenvalue weighted by Crippen LogP contribution is 2.70. The maximum absolute atomic E-state index is 14.4. The number of nitrogens with one attached hydrogen (secondary N) is 3.